The van der Waals surface area contributed by atoms with Crippen molar-refractivity contribution in [1.29, 1.82) is 0 Å². The van der Waals surface area contributed by atoms with E-state index in [-0.39, 0.29) is 5.41 Å². The second-order valence-corrected chi connectivity index (χ2v) is 8.14. The monoisotopic (exact) mass is 384 g/mol. The number of pyridine rings is 1. The molecule has 1 aliphatic heterocycles. The molecule has 2 aromatic heterocycles. The molecule has 2 aromatic rings. The summed E-state index contributed by atoms with van der Waals surface area (Å²) in [6.45, 7) is 12.4. The highest BCUT2D eigenvalue weighted by molar-refractivity contribution is 5.79. The number of hydrogen-bond acceptors (Lipinski definition) is 5. The van der Waals surface area contributed by atoms with Gasteiger partial charge in [-0.25, -0.2) is 15.0 Å². The van der Waals surface area contributed by atoms with E-state index in [0.29, 0.717) is 19.0 Å². The van der Waals surface area contributed by atoms with Crippen molar-refractivity contribution in [2.24, 2.45) is 4.99 Å². The van der Waals surface area contributed by atoms with Crippen LogP contribution in [0.2, 0.25) is 0 Å². The number of aromatic nitrogens is 2. The average molecular weight is 385 g/mol. The number of anilines is 1. The maximum absolute atomic E-state index is 5.83. The highest BCUT2D eigenvalue weighted by Crippen LogP contribution is 2.22. The summed E-state index contributed by atoms with van der Waals surface area (Å²) in [6, 6.07) is 4.20. The molecule has 2 N–H and O–H groups in total. The van der Waals surface area contributed by atoms with Crippen molar-refractivity contribution < 1.29 is 4.42 Å². The number of nitrogens with one attached hydrogen (secondary N) is 2. The van der Waals surface area contributed by atoms with Crippen LogP contribution in [0.15, 0.2) is 33.9 Å². The molecule has 1 fully saturated rings. The first-order chi connectivity index (χ1) is 13.5. The Hall–Kier alpha value is -2.57. The summed E-state index contributed by atoms with van der Waals surface area (Å²) in [5.74, 6) is 3.35. The zero-order valence-corrected chi connectivity index (χ0v) is 17.5. The van der Waals surface area contributed by atoms with Gasteiger partial charge in [-0.05, 0) is 31.4 Å². The third-order valence-electron chi connectivity index (χ3n) is 4.70. The molecule has 3 heterocycles. The molecule has 7 heteroatoms. The van der Waals surface area contributed by atoms with Crippen LogP contribution in [0.3, 0.4) is 0 Å². The summed E-state index contributed by atoms with van der Waals surface area (Å²) in [4.78, 5) is 15.9. The van der Waals surface area contributed by atoms with Gasteiger partial charge in [0, 0.05) is 31.2 Å². The molecular weight excluding hydrogens is 352 g/mol. The summed E-state index contributed by atoms with van der Waals surface area (Å²) in [5.41, 5.74) is 1.05. The third-order valence-corrected chi connectivity index (χ3v) is 4.70. The van der Waals surface area contributed by atoms with Crippen molar-refractivity contribution in [3.63, 3.8) is 0 Å². The standard InChI is InChI=1S/C21H32N6O/c1-5-22-20(26-15-19-24-14-17(28-19)21(2,3)4)25-13-16-8-9-18(23-12-16)27-10-6-7-11-27/h8-9,12,14H,5-7,10-11,13,15H2,1-4H3,(H2,22,25,26). The fourth-order valence-electron chi connectivity index (χ4n) is 3.05. The summed E-state index contributed by atoms with van der Waals surface area (Å²) >= 11 is 0. The van der Waals surface area contributed by atoms with Crippen LogP contribution in [0, 0.1) is 0 Å². The Bertz CT molecular complexity index is 769. The predicted octanol–water partition coefficient (Wildman–Crippen LogP) is 3.22. The van der Waals surface area contributed by atoms with E-state index in [1.807, 2.05) is 13.1 Å². The Labute approximate surface area is 167 Å². The second-order valence-electron chi connectivity index (χ2n) is 8.14. The highest BCUT2D eigenvalue weighted by atomic mass is 16.4. The van der Waals surface area contributed by atoms with Crippen molar-refractivity contribution in [1.82, 2.24) is 20.6 Å². The molecule has 152 valence electrons. The summed E-state index contributed by atoms with van der Waals surface area (Å²) in [7, 11) is 0. The third kappa shape index (κ3) is 5.47. The number of nitrogens with zero attached hydrogens (tertiary/aromatic N) is 4. The molecule has 7 nitrogen and oxygen atoms in total. The summed E-state index contributed by atoms with van der Waals surface area (Å²) in [5, 5.41) is 6.54. The van der Waals surface area contributed by atoms with Crippen molar-refractivity contribution >= 4 is 11.8 Å². The minimum absolute atomic E-state index is 0.0436. The van der Waals surface area contributed by atoms with Gasteiger partial charge in [-0.15, -0.1) is 0 Å². The van der Waals surface area contributed by atoms with Crippen LogP contribution in [0.5, 0.6) is 0 Å². The maximum Gasteiger partial charge on any atom is 0.213 e. The number of guanidine groups is 1. The normalized spacial score (nSPS) is 15.1. The van der Waals surface area contributed by atoms with Crippen molar-refractivity contribution in [3.05, 3.63) is 41.7 Å². The Morgan fingerprint density at radius 3 is 2.54 bits per heavy atom. The van der Waals surface area contributed by atoms with Gasteiger partial charge in [0.15, 0.2) is 5.96 Å². The fraction of sp³-hybridized carbons (Fsp3) is 0.571. The summed E-state index contributed by atoms with van der Waals surface area (Å²) < 4.78 is 5.83. The number of rotatable bonds is 6. The van der Waals surface area contributed by atoms with Crippen LogP contribution in [-0.4, -0.2) is 35.6 Å². The van der Waals surface area contributed by atoms with Crippen LogP contribution in [0.4, 0.5) is 5.82 Å². The lowest BCUT2D eigenvalue weighted by Crippen LogP contribution is -2.36. The van der Waals surface area contributed by atoms with Crippen molar-refractivity contribution in [2.75, 3.05) is 24.5 Å². The van der Waals surface area contributed by atoms with Gasteiger partial charge in [-0.3, -0.25) is 0 Å². The van der Waals surface area contributed by atoms with Gasteiger partial charge in [0.25, 0.3) is 0 Å². The Kier molecular flexibility index (Phi) is 6.54. The average Bonchev–Trinajstić information content (AvgIpc) is 3.36. The lowest BCUT2D eigenvalue weighted by molar-refractivity contribution is 0.379. The molecule has 0 radical (unpaired) electrons. The predicted molar refractivity (Wildman–Crippen MR) is 113 cm³/mol. The molecule has 1 aliphatic rings. The number of aliphatic imine (C=N–C) groups is 1. The van der Waals surface area contributed by atoms with Gasteiger partial charge in [0.2, 0.25) is 5.89 Å². The van der Waals surface area contributed by atoms with Crippen molar-refractivity contribution in [3.8, 4) is 0 Å². The largest absolute Gasteiger partial charge is 0.443 e. The topological polar surface area (TPSA) is 78.6 Å². The van der Waals surface area contributed by atoms with E-state index in [4.69, 9.17) is 4.42 Å². The van der Waals surface area contributed by atoms with Gasteiger partial charge in [0.1, 0.15) is 11.6 Å². The Morgan fingerprint density at radius 2 is 1.93 bits per heavy atom. The molecule has 3 rings (SSSR count). The minimum atomic E-state index is -0.0436. The molecule has 0 unspecified atom stereocenters. The molecule has 1 saturated heterocycles. The summed E-state index contributed by atoms with van der Waals surface area (Å²) in [6.07, 6.45) is 6.24. The first kappa shape index (κ1) is 20.2. The number of hydrogen-bond donors (Lipinski definition) is 2. The molecule has 0 amide bonds. The van der Waals surface area contributed by atoms with Gasteiger partial charge < -0.3 is 20.0 Å². The van der Waals surface area contributed by atoms with Crippen LogP contribution in [-0.2, 0) is 18.5 Å². The molecular formula is C21H32N6O. The van der Waals surface area contributed by atoms with Crippen LogP contribution in [0.1, 0.15) is 57.8 Å². The van der Waals surface area contributed by atoms with E-state index >= 15 is 0 Å². The molecule has 0 atom stereocenters. The van der Waals surface area contributed by atoms with E-state index in [2.05, 4.69) is 63.4 Å². The smallest absolute Gasteiger partial charge is 0.213 e. The maximum atomic E-state index is 5.83. The van der Waals surface area contributed by atoms with E-state index in [1.54, 1.807) is 6.20 Å². The first-order valence-corrected chi connectivity index (χ1v) is 10.1. The zero-order valence-electron chi connectivity index (χ0n) is 17.5. The molecule has 0 saturated carbocycles. The minimum Gasteiger partial charge on any atom is -0.443 e. The van der Waals surface area contributed by atoms with Gasteiger partial charge in [0.05, 0.1) is 19.3 Å². The van der Waals surface area contributed by atoms with Crippen LogP contribution >= 0.6 is 0 Å². The first-order valence-electron chi connectivity index (χ1n) is 10.1. The van der Waals surface area contributed by atoms with E-state index in [0.717, 1.165) is 42.7 Å². The lowest BCUT2D eigenvalue weighted by atomic mass is 9.94. The van der Waals surface area contributed by atoms with Gasteiger partial charge >= 0.3 is 0 Å². The second kappa shape index (κ2) is 9.08. The van der Waals surface area contributed by atoms with Gasteiger partial charge in [-0.1, -0.05) is 26.8 Å². The number of oxazole rings is 1. The lowest BCUT2D eigenvalue weighted by Gasteiger charge is -2.16. The van der Waals surface area contributed by atoms with Crippen LogP contribution in [0.25, 0.3) is 0 Å². The molecule has 0 bridgehead atoms. The fourth-order valence-corrected chi connectivity index (χ4v) is 3.05. The van der Waals surface area contributed by atoms with E-state index < -0.39 is 0 Å². The quantitative estimate of drug-likeness (QED) is 0.588. The molecule has 0 aromatic carbocycles. The SMILES string of the molecule is CCNC(=NCc1ccc(N2CCCC2)nc1)NCc1ncc(C(C)(C)C)o1. The molecule has 0 spiro atoms. The van der Waals surface area contributed by atoms with Gasteiger partial charge in [-0.2, -0.15) is 0 Å². The van der Waals surface area contributed by atoms with Crippen molar-refractivity contribution in [2.45, 2.75) is 59.0 Å². The van der Waals surface area contributed by atoms with E-state index in [9.17, 15) is 0 Å². The van der Waals surface area contributed by atoms with Crippen LogP contribution < -0.4 is 15.5 Å². The molecule has 28 heavy (non-hydrogen) atoms. The zero-order chi connectivity index (χ0) is 20.0. The molecule has 0 aliphatic carbocycles. The Morgan fingerprint density at radius 1 is 1.14 bits per heavy atom. The Balaban J connectivity index is 1.57. The van der Waals surface area contributed by atoms with E-state index in [1.165, 1.54) is 12.8 Å². The highest BCUT2D eigenvalue weighted by Gasteiger charge is 2.19.